The number of rotatable bonds is 4. The quantitative estimate of drug-likeness (QED) is 0.930. The maximum atomic E-state index is 12.1. The van der Waals surface area contributed by atoms with Gasteiger partial charge in [0, 0.05) is 11.8 Å². The molecule has 0 atom stereocenters. The van der Waals surface area contributed by atoms with E-state index in [1.165, 1.54) is 6.07 Å². The molecule has 7 heteroatoms. The molecule has 126 valence electrons. The topological polar surface area (TPSA) is 81.0 Å². The van der Waals surface area contributed by atoms with E-state index in [1.807, 2.05) is 0 Å². The molecule has 24 heavy (non-hydrogen) atoms. The number of methoxy groups -OCH3 is 1. The van der Waals surface area contributed by atoms with E-state index in [4.69, 9.17) is 13.9 Å². The van der Waals surface area contributed by atoms with Crippen LogP contribution in [0.25, 0.3) is 0 Å². The summed E-state index contributed by atoms with van der Waals surface area (Å²) in [7, 11) is 1.59. The average molecular weight is 330 g/mol. The van der Waals surface area contributed by atoms with Crippen LogP contribution in [0.5, 0.6) is 11.5 Å². The molecule has 1 aliphatic heterocycles. The van der Waals surface area contributed by atoms with Crippen LogP contribution in [-0.2, 0) is 0 Å². The van der Waals surface area contributed by atoms with Crippen molar-refractivity contribution >= 4 is 11.7 Å². The molecule has 1 saturated heterocycles. The van der Waals surface area contributed by atoms with Crippen LogP contribution in [0.2, 0.25) is 0 Å². The van der Waals surface area contributed by atoms with E-state index in [2.05, 4.69) is 5.32 Å². The molecule has 1 fully saturated rings. The zero-order chi connectivity index (χ0) is 17.1. The van der Waals surface area contributed by atoms with Crippen molar-refractivity contribution in [1.82, 2.24) is 4.90 Å². The van der Waals surface area contributed by atoms with Crippen molar-refractivity contribution in [2.24, 2.45) is 0 Å². The summed E-state index contributed by atoms with van der Waals surface area (Å²) in [5, 5.41) is 2.81. The minimum Gasteiger partial charge on any atom is -0.497 e. The molecule has 7 nitrogen and oxygen atoms in total. The lowest BCUT2D eigenvalue weighted by Crippen LogP contribution is -2.57. The van der Waals surface area contributed by atoms with Crippen molar-refractivity contribution in [3.63, 3.8) is 0 Å². The molecule has 1 aliphatic rings. The number of aryl methyl sites for hydroxylation is 1. The van der Waals surface area contributed by atoms with Crippen molar-refractivity contribution in [3.05, 3.63) is 52.6 Å². The van der Waals surface area contributed by atoms with E-state index in [0.717, 1.165) is 5.75 Å². The molecule has 0 bridgehead atoms. The molecule has 1 aromatic heterocycles. The van der Waals surface area contributed by atoms with Crippen molar-refractivity contribution in [2.75, 3.05) is 25.5 Å². The molecule has 0 saturated carbocycles. The predicted molar refractivity (Wildman–Crippen MR) is 87.7 cm³/mol. The fourth-order valence-electron chi connectivity index (χ4n) is 2.39. The molecule has 2 aromatic rings. The summed E-state index contributed by atoms with van der Waals surface area (Å²) in [6.45, 7) is 2.60. The number of carbonyl (C=O) groups is 1. The summed E-state index contributed by atoms with van der Waals surface area (Å²) in [6.07, 6.45) is -0.132. The predicted octanol–water partition coefficient (Wildman–Crippen LogP) is 2.25. The van der Waals surface area contributed by atoms with Crippen LogP contribution in [0.15, 0.2) is 45.6 Å². The van der Waals surface area contributed by atoms with Gasteiger partial charge in [-0.1, -0.05) is 0 Å². The first-order valence-electron chi connectivity index (χ1n) is 7.52. The number of hydrogen-bond acceptors (Lipinski definition) is 5. The van der Waals surface area contributed by atoms with E-state index in [1.54, 1.807) is 49.3 Å². The van der Waals surface area contributed by atoms with Crippen molar-refractivity contribution in [1.29, 1.82) is 0 Å². The molecule has 0 aliphatic carbocycles. The highest BCUT2D eigenvalue weighted by molar-refractivity contribution is 5.90. The standard InChI is InChI=1S/C17H18N2O5/c1-11-7-14(8-16(20)23-11)24-15-9-19(10-15)17(21)18-12-3-5-13(22-2)6-4-12/h3-8,15H,9-10H2,1-2H3,(H,18,21). The van der Waals surface area contributed by atoms with Gasteiger partial charge in [-0.05, 0) is 31.2 Å². The Morgan fingerprint density at radius 2 is 1.92 bits per heavy atom. The Bertz CT molecular complexity index is 778. The van der Waals surface area contributed by atoms with E-state index in [9.17, 15) is 9.59 Å². The number of amides is 2. The van der Waals surface area contributed by atoms with Crippen LogP contribution in [0.1, 0.15) is 5.76 Å². The number of ether oxygens (including phenoxy) is 2. The third kappa shape index (κ3) is 3.68. The van der Waals surface area contributed by atoms with Gasteiger partial charge in [-0.3, -0.25) is 0 Å². The summed E-state index contributed by atoms with van der Waals surface area (Å²) in [5.41, 5.74) is 0.250. The second-order valence-electron chi connectivity index (χ2n) is 5.53. The van der Waals surface area contributed by atoms with Gasteiger partial charge in [-0.15, -0.1) is 0 Å². The summed E-state index contributed by atoms with van der Waals surface area (Å²) >= 11 is 0. The molecule has 1 N–H and O–H groups in total. The molecular weight excluding hydrogens is 312 g/mol. The van der Waals surface area contributed by atoms with Crippen molar-refractivity contribution in [3.8, 4) is 11.5 Å². The SMILES string of the molecule is COc1ccc(NC(=O)N2CC(Oc3cc(C)oc(=O)c3)C2)cc1. The molecule has 0 radical (unpaired) electrons. The Labute approximate surface area is 138 Å². The highest BCUT2D eigenvalue weighted by Gasteiger charge is 2.32. The summed E-state index contributed by atoms with van der Waals surface area (Å²) in [5.74, 6) is 1.68. The van der Waals surface area contributed by atoms with Crippen LogP contribution < -0.4 is 20.4 Å². The van der Waals surface area contributed by atoms with E-state index in [0.29, 0.717) is 30.3 Å². The van der Waals surface area contributed by atoms with Crippen LogP contribution in [0.3, 0.4) is 0 Å². The van der Waals surface area contributed by atoms with Gasteiger partial charge in [0.2, 0.25) is 0 Å². The molecule has 1 aromatic carbocycles. The number of benzene rings is 1. The molecule has 3 rings (SSSR count). The van der Waals surface area contributed by atoms with Crippen LogP contribution in [0.4, 0.5) is 10.5 Å². The first kappa shape index (κ1) is 15.9. The van der Waals surface area contributed by atoms with E-state index >= 15 is 0 Å². The number of nitrogens with zero attached hydrogens (tertiary/aromatic N) is 1. The molecule has 2 heterocycles. The first-order chi connectivity index (χ1) is 11.5. The summed E-state index contributed by atoms with van der Waals surface area (Å²) in [6, 6.07) is 9.87. The smallest absolute Gasteiger partial charge is 0.339 e. The minimum absolute atomic E-state index is 0.132. The minimum atomic E-state index is -0.446. The molecule has 2 amide bonds. The number of nitrogens with one attached hydrogen (secondary N) is 1. The van der Waals surface area contributed by atoms with Gasteiger partial charge in [-0.2, -0.15) is 0 Å². The summed E-state index contributed by atoms with van der Waals surface area (Å²) < 4.78 is 15.6. The Balaban J connectivity index is 1.50. The van der Waals surface area contributed by atoms with Crippen LogP contribution in [-0.4, -0.2) is 37.2 Å². The normalized spacial score (nSPS) is 14.0. The van der Waals surface area contributed by atoms with Gasteiger partial charge < -0.3 is 24.1 Å². The Morgan fingerprint density at radius 3 is 2.54 bits per heavy atom. The largest absolute Gasteiger partial charge is 0.497 e. The van der Waals surface area contributed by atoms with Crippen molar-refractivity contribution < 1.29 is 18.7 Å². The third-order valence-electron chi connectivity index (χ3n) is 3.65. The highest BCUT2D eigenvalue weighted by atomic mass is 16.5. The third-order valence-corrected chi connectivity index (χ3v) is 3.65. The fourth-order valence-corrected chi connectivity index (χ4v) is 2.39. The maximum absolute atomic E-state index is 12.1. The summed E-state index contributed by atoms with van der Waals surface area (Å²) in [4.78, 5) is 25.0. The van der Waals surface area contributed by atoms with Crippen molar-refractivity contribution in [2.45, 2.75) is 13.0 Å². The van der Waals surface area contributed by atoms with Crippen LogP contribution in [0, 0.1) is 6.92 Å². The maximum Gasteiger partial charge on any atom is 0.339 e. The second kappa shape index (κ2) is 6.66. The fraction of sp³-hybridized carbons (Fsp3) is 0.294. The van der Waals surface area contributed by atoms with E-state index in [-0.39, 0.29) is 12.1 Å². The van der Waals surface area contributed by atoms with Gasteiger partial charge in [0.15, 0.2) is 0 Å². The first-order valence-corrected chi connectivity index (χ1v) is 7.52. The van der Waals surface area contributed by atoms with Gasteiger partial charge in [0.1, 0.15) is 23.4 Å². The lowest BCUT2D eigenvalue weighted by Gasteiger charge is -2.38. The molecular formula is C17H18N2O5. The Hall–Kier alpha value is -2.96. The van der Waals surface area contributed by atoms with Gasteiger partial charge in [0.25, 0.3) is 0 Å². The van der Waals surface area contributed by atoms with Gasteiger partial charge in [0.05, 0.1) is 26.3 Å². The second-order valence-corrected chi connectivity index (χ2v) is 5.53. The van der Waals surface area contributed by atoms with Gasteiger partial charge >= 0.3 is 11.7 Å². The number of hydrogen-bond donors (Lipinski definition) is 1. The Morgan fingerprint density at radius 1 is 1.21 bits per heavy atom. The Kier molecular flexibility index (Phi) is 4.41. The van der Waals surface area contributed by atoms with Crippen LogP contribution >= 0.6 is 0 Å². The number of anilines is 1. The van der Waals surface area contributed by atoms with Gasteiger partial charge in [-0.25, -0.2) is 9.59 Å². The number of likely N-dealkylation sites (tertiary alicyclic amines) is 1. The van der Waals surface area contributed by atoms with E-state index < -0.39 is 5.63 Å². The zero-order valence-corrected chi connectivity index (χ0v) is 13.4. The lowest BCUT2D eigenvalue weighted by atomic mass is 10.2. The highest BCUT2D eigenvalue weighted by Crippen LogP contribution is 2.20. The monoisotopic (exact) mass is 330 g/mol. The lowest BCUT2D eigenvalue weighted by molar-refractivity contribution is 0.0487. The average Bonchev–Trinajstić information content (AvgIpc) is 2.50. The molecule has 0 spiro atoms. The zero-order valence-electron chi connectivity index (χ0n) is 13.4. The molecule has 0 unspecified atom stereocenters. The number of carbonyl (C=O) groups excluding carboxylic acids is 1. The number of urea groups is 1.